The normalized spacial score (nSPS) is 11.1. The number of aromatic amines is 1. The van der Waals surface area contributed by atoms with Crippen molar-refractivity contribution in [3.63, 3.8) is 0 Å². The average Bonchev–Trinajstić information content (AvgIpc) is 2.78. The molecule has 3 N–H and O–H groups in total. The number of rotatable bonds is 1. The number of benzene rings is 1. The predicted octanol–water partition coefficient (Wildman–Crippen LogP) is 1.67. The minimum absolute atomic E-state index is 0.123. The van der Waals surface area contributed by atoms with E-state index in [0.717, 1.165) is 5.56 Å². The monoisotopic (exact) mass is 231 g/mol. The summed E-state index contributed by atoms with van der Waals surface area (Å²) in [6.07, 6.45) is 0. The summed E-state index contributed by atoms with van der Waals surface area (Å²) in [5, 5.41) is 0. The van der Waals surface area contributed by atoms with E-state index < -0.39 is 5.76 Å². The third-order valence-corrected chi connectivity index (χ3v) is 2.51. The molecule has 0 amide bonds. The van der Waals surface area contributed by atoms with Gasteiger partial charge in [0.1, 0.15) is 11.5 Å². The van der Waals surface area contributed by atoms with Crippen molar-refractivity contribution in [2.24, 2.45) is 0 Å². The highest BCUT2D eigenvalue weighted by molar-refractivity contribution is 5.79. The quantitative estimate of drug-likeness (QED) is 0.663. The Morgan fingerprint density at radius 1 is 1.35 bits per heavy atom. The Morgan fingerprint density at radius 3 is 2.88 bits per heavy atom. The number of nitrogens with one attached hydrogen (secondary N) is 1. The molecule has 0 atom stereocenters. The second kappa shape index (κ2) is 3.24. The first kappa shape index (κ1) is 9.71. The van der Waals surface area contributed by atoms with Crippen LogP contribution in [0.15, 0.2) is 31.8 Å². The third kappa shape index (κ3) is 1.50. The summed E-state index contributed by atoms with van der Waals surface area (Å²) < 4.78 is 10.1. The lowest BCUT2D eigenvalue weighted by Gasteiger charge is -1.96. The van der Waals surface area contributed by atoms with Gasteiger partial charge in [-0.2, -0.15) is 4.98 Å². The molecule has 3 aromatic rings. The van der Waals surface area contributed by atoms with Crippen molar-refractivity contribution in [1.29, 1.82) is 0 Å². The van der Waals surface area contributed by atoms with Crippen molar-refractivity contribution in [2.45, 2.75) is 6.92 Å². The van der Waals surface area contributed by atoms with E-state index in [1.807, 2.05) is 0 Å². The van der Waals surface area contributed by atoms with E-state index >= 15 is 0 Å². The number of hydrogen-bond donors (Lipinski definition) is 2. The molecule has 0 bridgehead atoms. The maximum Gasteiger partial charge on any atom is 0.417 e. The van der Waals surface area contributed by atoms with Crippen molar-refractivity contribution in [1.82, 2.24) is 9.97 Å². The first-order valence-electron chi connectivity index (χ1n) is 4.99. The fourth-order valence-electron chi connectivity index (χ4n) is 1.78. The topological polar surface area (TPSA) is 98.0 Å². The van der Waals surface area contributed by atoms with Crippen molar-refractivity contribution >= 4 is 17.1 Å². The number of nitrogens with two attached hydrogens (primary N) is 1. The van der Waals surface area contributed by atoms with Crippen LogP contribution in [-0.4, -0.2) is 9.97 Å². The highest BCUT2D eigenvalue weighted by Gasteiger charge is 2.11. The molecule has 2 heterocycles. The Kier molecular flexibility index (Phi) is 1.85. The summed E-state index contributed by atoms with van der Waals surface area (Å²) in [4.78, 5) is 17.7. The van der Waals surface area contributed by atoms with E-state index in [0.29, 0.717) is 22.6 Å². The van der Waals surface area contributed by atoms with Crippen molar-refractivity contribution < 1.29 is 8.83 Å². The van der Waals surface area contributed by atoms with Gasteiger partial charge in [0, 0.05) is 5.56 Å². The number of aromatic nitrogens is 2. The molecule has 1 aromatic carbocycles. The summed E-state index contributed by atoms with van der Waals surface area (Å²) in [6.45, 7) is 1.78. The average molecular weight is 231 g/mol. The molecule has 6 nitrogen and oxygen atoms in total. The van der Waals surface area contributed by atoms with Gasteiger partial charge in [-0.25, -0.2) is 4.79 Å². The van der Waals surface area contributed by atoms with Crippen LogP contribution in [0.2, 0.25) is 0 Å². The number of nitrogen functional groups attached to an aromatic ring is 1. The van der Waals surface area contributed by atoms with Crippen LogP contribution in [0.3, 0.4) is 0 Å². The van der Waals surface area contributed by atoms with E-state index in [2.05, 4.69) is 9.97 Å². The second-order valence-corrected chi connectivity index (χ2v) is 3.68. The Hall–Kier alpha value is -2.50. The number of nitrogens with zero attached hydrogens (tertiary/aromatic N) is 1. The molecule has 0 aliphatic carbocycles. The molecule has 2 aromatic heterocycles. The van der Waals surface area contributed by atoms with Crippen LogP contribution in [0.4, 0.5) is 6.01 Å². The molecule has 0 saturated heterocycles. The molecule has 6 heteroatoms. The molecule has 3 rings (SSSR count). The maximum atomic E-state index is 11.0. The van der Waals surface area contributed by atoms with Gasteiger partial charge in [-0.15, -0.1) is 0 Å². The molecule has 0 unspecified atom stereocenters. The minimum atomic E-state index is -0.478. The van der Waals surface area contributed by atoms with E-state index in [1.165, 1.54) is 0 Å². The van der Waals surface area contributed by atoms with Gasteiger partial charge >= 0.3 is 5.76 Å². The van der Waals surface area contributed by atoms with Crippen molar-refractivity contribution in [3.05, 3.63) is 34.5 Å². The van der Waals surface area contributed by atoms with Gasteiger partial charge in [-0.05, 0) is 25.1 Å². The molecule has 0 saturated carbocycles. The molecule has 0 radical (unpaired) electrons. The van der Waals surface area contributed by atoms with E-state index in [9.17, 15) is 4.79 Å². The molecule has 0 aliphatic heterocycles. The Morgan fingerprint density at radius 2 is 2.18 bits per heavy atom. The second-order valence-electron chi connectivity index (χ2n) is 3.68. The van der Waals surface area contributed by atoms with Crippen LogP contribution in [0.5, 0.6) is 0 Å². The molecule has 17 heavy (non-hydrogen) atoms. The zero-order valence-electron chi connectivity index (χ0n) is 8.98. The zero-order valence-corrected chi connectivity index (χ0v) is 8.98. The van der Waals surface area contributed by atoms with Crippen LogP contribution in [0.25, 0.3) is 22.4 Å². The Balaban J connectivity index is 2.23. The van der Waals surface area contributed by atoms with E-state index in [4.69, 9.17) is 14.6 Å². The van der Waals surface area contributed by atoms with Crippen molar-refractivity contribution in [2.75, 3.05) is 5.73 Å². The molecular weight excluding hydrogens is 222 g/mol. The lowest BCUT2D eigenvalue weighted by Crippen LogP contribution is -1.92. The van der Waals surface area contributed by atoms with Crippen LogP contribution < -0.4 is 11.5 Å². The highest BCUT2D eigenvalue weighted by atomic mass is 16.4. The summed E-state index contributed by atoms with van der Waals surface area (Å²) in [5.74, 6) is 0.154. The Bertz CT molecular complexity index is 751. The van der Waals surface area contributed by atoms with Gasteiger partial charge in [-0.3, -0.25) is 4.98 Å². The maximum absolute atomic E-state index is 11.0. The summed E-state index contributed by atoms with van der Waals surface area (Å²) in [7, 11) is 0. The number of anilines is 1. The number of oxazole rings is 2. The first-order chi connectivity index (χ1) is 8.13. The van der Waals surface area contributed by atoms with Crippen LogP contribution in [0, 0.1) is 6.92 Å². The molecule has 0 aliphatic rings. The standard InChI is InChI=1S/C11H9N3O3/c1-5-9(14-10(12)16-5)6-2-3-8-7(4-6)13-11(15)17-8/h2-4H,1H3,(H2,12,14)(H,13,15). The number of fused-ring (bicyclic) bond motifs is 1. The lowest BCUT2D eigenvalue weighted by molar-refractivity contribution is 0.548. The molecule has 0 spiro atoms. The van der Waals surface area contributed by atoms with Gasteiger partial charge in [0.2, 0.25) is 0 Å². The fraction of sp³-hybridized carbons (Fsp3) is 0.0909. The predicted molar refractivity (Wildman–Crippen MR) is 61.5 cm³/mol. The molecular formula is C11H9N3O3. The van der Waals surface area contributed by atoms with Crippen molar-refractivity contribution in [3.8, 4) is 11.3 Å². The van der Waals surface area contributed by atoms with Gasteiger partial charge in [0.05, 0.1) is 5.52 Å². The Labute approximate surface area is 95.1 Å². The fourth-order valence-corrected chi connectivity index (χ4v) is 1.78. The summed E-state index contributed by atoms with van der Waals surface area (Å²) in [5.41, 5.74) is 8.08. The zero-order chi connectivity index (χ0) is 12.0. The summed E-state index contributed by atoms with van der Waals surface area (Å²) in [6, 6.07) is 5.39. The number of aryl methyl sites for hydroxylation is 1. The van der Waals surface area contributed by atoms with Crippen LogP contribution in [-0.2, 0) is 0 Å². The van der Waals surface area contributed by atoms with Crippen LogP contribution in [0.1, 0.15) is 5.76 Å². The number of hydrogen-bond acceptors (Lipinski definition) is 5. The molecule has 86 valence electrons. The third-order valence-electron chi connectivity index (χ3n) is 2.51. The largest absolute Gasteiger partial charge is 0.429 e. The minimum Gasteiger partial charge on any atom is -0.429 e. The SMILES string of the molecule is Cc1oc(N)nc1-c1ccc2oc(=O)[nH]c2c1. The van der Waals surface area contributed by atoms with Gasteiger partial charge in [0.15, 0.2) is 5.58 Å². The highest BCUT2D eigenvalue weighted by Crippen LogP contribution is 2.26. The van der Waals surface area contributed by atoms with Gasteiger partial charge in [0.25, 0.3) is 6.01 Å². The van der Waals surface area contributed by atoms with E-state index in [-0.39, 0.29) is 6.01 Å². The first-order valence-corrected chi connectivity index (χ1v) is 4.99. The smallest absolute Gasteiger partial charge is 0.417 e. The van der Waals surface area contributed by atoms with Gasteiger partial charge < -0.3 is 14.6 Å². The number of H-pyrrole nitrogens is 1. The lowest BCUT2D eigenvalue weighted by atomic mass is 10.1. The van der Waals surface area contributed by atoms with Gasteiger partial charge in [-0.1, -0.05) is 0 Å². The van der Waals surface area contributed by atoms with E-state index in [1.54, 1.807) is 25.1 Å². The van der Waals surface area contributed by atoms with Crippen LogP contribution >= 0.6 is 0 Å². The summed E-state index contributed by atoms with van der Waals surface area (Å²) >= 11 is 0. The molecule has 0 fully saturated rings.